The van der Waals surface area contributed by atoms with Crippen molar-refractivity contribution in [3.8, 4) is 6.07 Å². The highest BCUT2D eigenvalue weighted by Gasteiger charge is 2.00. The normalized spacial score (nSPS) is 9.94. The molecule has 0 bridgehead atoms. The summed E-state index contributed by atoms with van der Waals surface area (Å²) in [6.45, 7) is 1.08. The number of nitriles is 1. The first-order valence-corrected chi connectivity index (χ1v) is 5.86. The zero-order chi connectivity index (χ0) is 12.6. The van der Waals surface area contributed by atoms with Crippen LogP contribution in [0, 0.1) is 11.3 Å². The minimum Gasteiger partial charge on any atom is -0.376 e. The van der Waals surface area contributed by atoms with Crippen LogP contribution in [0.15, 0.2) is 48.7 Å². The van der Waals surface area contributed by atoms with Gasteiger partial charge in [0.25, 0.3) is 0 Å². The first-order valence-electron chi connectivity index (χ1n) is 5.86. The SMILES string of the molecule is N#Cc1ccccc1COCCc1ccccn1. The van der Waals surface area contributed by atoms with Gasteiger partial charge in [0, 0.05) is 18.3 Å². The fourth-order valence-corrected chi connectivity index (χ4v) is 1.66. The lowest BCUT2D eigenvalue weighted by atomic mass is 10.1. The Morgan fingerprint density at radius 1 is 1.11 bits per heavy atom. The third-order valence-corrected chi connectivity index (χ3v) is 2.62. The van der Waals surface area contributed by atoms with Crippen molar-refractivity contribution < 1.29 is 4.74 Å². The van der Waals surface area contributed by atoms with Crippen LogP contribution in [0.25, 0.3) is 0 Å². The van der Waals surface area contributed by atoms with Crippen molar-refractivity contribution in [1.29, 1.82) is 5.26 Å². The van der Waals surface area contributed by atoms with Gasteiger partial charge in [0.15, 0.2) is 0 Å². The Balaban J connectivity index is 1.81. The van der Waals surface area contributed by atoms with Crippen molar-refractivity contribution in [1.82, 2.24) is 4.98 Å². The average Bonchev–Trinajstić information content (AvgIpc) is 2.45. The van der Waals surface area contributed by atoms with E-state index in [0.717, 1.165) is 17.7 Å². The molecule has 3 nitrogen and oxygen atoms in total. The minimum absolute atomic E-state index is 0.469. The molecule has 0 aliphatic rings. The molecule has 18 heavy (non-hydrogen) atoms. The molecule has 3 heteroatoms. The van der Waals surface area contributed by atoms with Crippen LogP contribution in [0.3, 0.4) is 0 Å². The Morgan fingerprint density at radius 2 is 1.94 bits per heavy atom. The Labute approximate surface area is 107 Å². The third-order valence-electron chi connectivity index (χ3n) is 2.62. The van der Waals surface area contributed by atoms with Crippen molar-refractivity contribution in [2.24, 2.45) is 0 Å². The van der Waals surface area contributed by atoms with Gasteiger partial charge in [-0.25, -0.2) is 0 Å². The Morgan fingerprint density at radius 3 is 2.72 bits per heavy atom. The molecule has 1 aromatic carbocycles. The predicted octanol–water partition coefficient (Wildman–Crippen LogP) is 2.71. The maximum atomic E-state index is 8.94. The molecule has 0 unspecified atom stereocenters. The molecular formula is C15H14N2O. The number of rotatable bonds is 5. The van der Waals surface area contributed by atoms with Crippen molar-refractivity contribution in [2.45, 2.75) is 13.0 Å². The lowest BCUT2D eigenvalue weighted by Gasteiger charge is -2.05. The van der Waals surface area contributed by atoms with Gasteiger partial charge in [0.2, 0.25) is 0 Å². The van der Waals surface area contributed by atoms with Gasteiger partial charge in [-0.2, -0.15) is 5.26 Å². The summed E-state index contributed by atoms with van der Waals surface area (Å²) in [5, 5.41) is 8.94. The molecular weight excluding hydrogens is 224 g/mol. The van der Waals surface area contributed by atoms with Crippen LogP contribution >= 0.6 is 0 Å². The summed E-state index contributed by atoms with van der Waals surface area (Å²) in [5.74, 6) is 0. The van der Waals surface area contributed by atoms with Crippen LogP contribution in [0.4, 0.5) is 0 Å². The molecule has 0 fully saturated rings. The van der Waals surface area contributed by atoms with Gasteiger partial charge in [0.1, 0.15) is 0 Å². The van der Waals surface area contributed by atoms with E-state index in [1.165, 1.54) is 0 Å². The Bertz CT molecular complexity index is 532. The van der Waals surface area contributed by atoms with Crippen molar-refractivity contribution >= 4 is 0 Å². The number of hydrogen-bond acceptors (Lipinski definition) is 3. The summed E-state index contributed by atoms with van der Waals surface area (Å²) >= 11 is 0. The molecule has 0 radical (unpaired) electrons. The quantitative estimate of drug-likeness (QED) is 0.752. The highest BCUT2D eigenvalue weighted by atomic mass is 16.5. The molecule has 0 saturated heterocycles. The number of benzene rings is 1. The molecule has 0 amide bonds. The fraction of sp³-hybridized carbons (Fsp3) is 0.200. The number of aromatic nitrogens is 1. The third kappa shape index (κ3) is 3.41. The first-order chi connectivity index (χ1) is 8.90. The average molecular weight is 238 g/mol. The first kappa shape index (κ1) is 12.3. The highest BCUT2D eigenvalue weighted by molar-refractivity contribution is 5.36. The van der Waals surface area contributed by atoms with Crippen molar-refractivity contribution in [2.75, 3.05) is 6.61 Å². The van der Waals surface area contributed by atoms with Gasteiger partial charge >= 0.3 is 0 Å². The zero-order valence-electron chi connectivity index (χ0n) is 10.0. The zero-order valence-corrected chi connectivity index (χ0v) is 10.0. The van der Waals surface area contributed by atoms with E-state index in [-0.39, 0.29) is 0 Å². The second kappa shape index (κ2) is 6.53. The summed E-state index contributed by atoms with van der Waals surface area (Å²) in [6, 6.07) is 15.5. The summed E-state index contributed by atoms with van der Waals surface area (Å²) in [5.41, 5.74) is 2.63. The number of ether oxygens (including phenoxy) is 1. The second-order valence-electron chi connectivity index (χ2n) is 3.89. The summed E-state index contributed by atoms with van der Waals surface area (Å²) in [7, 11) is 0. The van der Waals surface area contributed by atoms with Crippen LogP contribution in [0.1, 0.15) is 16.8 Å². The number of nitrogens with zero attached hydrogens (tertiary/aromatic N) is 2. The number of pyridine rings is 1. The highest BCUT2D eigenvalue weighted by Crippen LogP contribution is 2.08. The van der Waals surface area contributed by atoms with E-state index >= 15 is 0 Å². The van der Waals surface area contributed by atoms with E-state index in [9.17, 15) is 0 Å². The minimum atomic E-state index is 0.469. The van der Waals surface area contributed by atoms with E-state index in [0.29, 0.717) is 18.8 Å². The van der Waals surface area contributed by atoms with Crippen LogP contribution in [0.2, 0.25) is 0 Å². The van der Waals surface area contributed by atoms with E-state index in [1.54, 1.807) is 12.3 Å². The van der Waals surface area contributed by atoms with Gasteiger partial charge in [-0.15, -0.1) is 0 Å². The maximum Gasteiger partial charge on any atom is 0.0995 e. The van der Waals surface area contributed by atoms with E-state index in [2.05, 4.69) is 11.1 Å². The van der Waals surface area contributed by atoms with Crippen LogP contribution in [-0.2, 0) is 17.8 Å². The molecule has 0 aliphatic carbocycles. The molecule has 2 rings (SSSR count). The van der Waals surface area contributed by atoms with Crippen molar-refractivity contribution in [3.05, 3.63) is 65.5 Å². The van der Waals surface area contributed by atoms with Crippen LogP contribution in [0.5, 0.6) is 0 Å². The lowest BCUT2D eigenvalue weighted by Crippen LogP contribution is -2.01. The summed E-state index contributed by atoms with van der Waals surface area (Å²) in [6.07, 6.45) is 2.57. The van der Waals surface area contributed by atoms with E-state index in [1.807, 2.05) is 36.4 Å². The van der Waals surface area contributed by atoms with E-state index < -0.39 is 0 Å². The Hall–Kier alpha value is -2.18. The summed E-state index contributed by atoms with van der Waals surface area (Å²) in [4.78, 5) is 4.22. The molecule has 0 atom stereocenters. The fourth-order valence-electron chi connectivity index (χ4n) is 1.66. The standard InChI is InChI=1S/C15H14N2O/c16-11-13-5-1-2-6-14(13)12-18-10-8-15-7-3-4-9-17-15/h1-7,9H,8,10,12H2. The topological polar surface area (TPSA) is 45.9 Å². The van der Waals surface area contributed by atoms with Crippen molar-refractivity contribution in [3.63, 3.8) is 0 Å². The van der Waals surface area contributed by atoms with E-state index in [4.69, 9.17) is 10.00 Å². The molecule has 1 aromatic heterocycles. The molecule has 2 aromatic rings. The molecule has 1 heterocycles. The van der Waals surface area contributed by atoms with Gasteiger partial charge in [-0.05, 0) is 23.8 Å². The van der Waals surface area contributed by atoms with Gasteiger partial charge < -0.3 is 4.74 Å². The smallest absolute Gasteiger partial charge is 0.0995 e. The lowest BCUT2D eigenvalue weighted by molar-refractivity contribution is 0.123. The maximum absolute atomic E-state index is 8.94. The molecule has 0 aliphatic heterocycles. The summed E-state index contributed by atoms with van der Waals surface area (Å²) < 4.78 is 5.58. The molecule has 0 N–H and O–H groups in total. The number of hydrogen-bond donors (Lipinski definition) is 0. The van der Waals surface area contributed by atoms with Crippen LogP contribution < -0.4 is 0 Å². The monoisotopic (exact) mass is 238 g/mol. The second-order valence-corrected chi connectivity index (χ2v) is 3.89. The van der Waals surface area contributed by atoms with Crippen LogP contribution in [-0.4, -0.2) is 11.6 Å². The van der Waals surface area contributed by atoms with Gasteiger partial charge in [-0.1, -0.05) is 24.3 Å². The Kier molecular flexibility index (Phi) is 4.46. The van der Waals surface area contributed by atoms with Gasteiger partial charge in [-0.3, -0.25) is 4.98 Å². The molecule has 90 valence electrons. The largest absolute Gasteiger partial charge is 0.376 e. The molecule has 0 spiro atoms. The predicted molar refractivity (Wildman–Crippen MR) is 68.8 cm³/mol. The van der Waals surface area contributed by atoms with Gasteiger partial charge in [0.05, 0.1) is 24.8 Å². The molecule has 0 saturated carbocycles.